The largest absolute Gasteiger partial charge is 0.445 e. The van der Waals surface area contributed by atoms with E-state index in [1.807, 2.05) is 30.3 Å². The molecule has 1 aliphatic rings. The molecule has 1 fully saturated rings. The molecule has 0 aliphatic carbocycles. The number of hydroxylamine groups is 2. The number of rotatable bonds is 4. The number of hydrogen-bond donors (Lipinski definition) is 1. The van der Waals surface area contributed by atoms with E-state index in [1.165, 1.54) is 7.11 Å². The van der Waals surface area contributed by atoms with E-state index in [0.29, 0.717) is 5.06 Å². The molecule has 2 rings (SSSR count). The van der Waals surface area contributed by atoms with E-state index >= 15 is 0 Å². The van der Waals surface area contributed by atoms with Crippen molar-refractivity contribution >= 4 is 17.9 Å². The molecule has 1 unspecified atom stereocenters. The minimum absolute atomic E-state index is 0.112. The van der Waals surface area contributed by atoms with E-state index in [-0.39, 0.29) is 19.4 Å². The highest BCUT2D eigenvalue weighted by Crippen LogP contribution is 2.13. The van der Waals surface area contributed by atoms with Gasteiger partial charge in [0.25, 0.3) is 11.8 Å². The predicted octanol–water partition coefficient (Wildman–Crippen LogP) is 0.992. The van der Waals surface area contributed by atoms with E-state index in [4.69, 9.17) is 9.57 Å². The molecule has 0 bridgehead atoms. The number of amides is 3. The van der Waals surface area contributed by atoms with Crippen LogP contribution in [0.15, 0.2) is 30.3 Å². The molecule has 1 aromatic rings. The number of carbonyl (C=O) groups is 3. The number of piperidine rings is 1. The SMILES string of the molecule is CON1C(=O)CCC(NC(=O)OCc2ccccc2)C1=O. The molecule has 1 heterocycles. The van der Waals surface area contributed by atoms with E-state index in [9.17, 15) is 14.4 Å². The number of carbonyl (C=O) groups excluding carboxylic acids is 3. The Balaban J connectivity index is 1.85. The van der Waals surface area contributed by atoms with Gasteiger partial charge in [0.1, 0.15) is 12.6 Å². The monoisotopic (exact) mass is 292 g/mol. The highest BCUT2D eigenvalue weighted by Gasteiger charge is 2.36. The number of nitrogens with zero attached hydrogens (tertiary/aromatic N) is 1. The summed E-state index contributed by atoms with van der Waals surface area (Å²) in [6.07, 6.45) is -0.344. The lowest BCUT2D eigenvalue weighted by Gasteiger charge is -2.28. The van der Waals surface area contributed by atoms with Gasteiger partial charge in [0, 0.05) is 6.42 Å². The van der Waals surface area contributed by atoms with E-state index in [1.54, 1.807) is 0 Å². The van der Waals surface area contributed by atoms with E-state index < -0.39 is 23.9 Å². The second-order valence-electron chi connectivity index (χ2n) is 4.51. The predicted molar refractivity (Wildman–Crippen MR) is 71.6 cm³/mol. The number of ether oxygens (including phenoxy) is 1. The van der Waals surface area contributed by atoms with Crippen LogP contribution < -0.4 is 5.32 Å². The number of imide groups is 1. The van der Waals surface area contributed by atoms with Gasteiger partial charge in [0.2, 0.25) is 0 Å². The smallest absolute Gasteiger partial charge is 0.408 e. The Morgan fingerprint density at radius 1 is 1.33 bits per heavy atom. The van der Waals surface area contributed by atoms with Gasteiger partial charge in [-0.05, 0) is 12.0 Å². The first-order valence-corrected chi connectivity index (χ1v) is 6.50. The normalized spacial score (nSPS) is 18.5. The van der Waals surface area contributed by atoms with Gasteiger partial charge in [-0.2, -0.15) is 5.06 Å². The molecule has 112 valence electrons. The van der Waals surface area contributed by atoms with Crippen LogP contribution in [0, 0.1) is 0 Å². The maximum atomic E-state index is 11.9. The summed E-state index contributed by atoms with van der Waals surface area (Å²) in [5.41, 5.74) is 0.844. The first-order valence-electron chi connectivity index (χ1n) is 6.50. The summed E-state index contributed by atoms with van der Waals surface area (Å²) in [5.74, 6) is -1.01. The molecule has 0 aromatic heterocycles. The Kier molecular flexibility index (Phi) is 4.89. The molecular weight excluding hydrogens is 276 g/mol. The topological polar surface area (TPSA) is 84.9 Å². The van der Waals surface area contributed by atoms with Gasteiger partial charge in [0.05, 0.1) is 7.11 Å². The van der Waals surface area contributed by atoms with Gasteiger partial charge in [-0.3, -0.25) is 14.4 Å². The Morgan fingerprint density at radius 3 is 2.71 bits per heavy atom. The molecule has 7 heteroatoms. The lowest BCUT2D eigenvalue weighted by molar-refractivity contribution is -0.193. The van der Waals surface area contributed by atoms with Crippen LogP contribution in [0.3, 0.4) is 0 Å². The molecule has 0 spiro atoms. The van der Waals surface area contributed by atoms with Gasteiger partial charge in [-0.15, -0.1) is 0 Å². The van der Waals surface area contributed by atoms with Crippen LogP contribution in [0.5, 0.6) is 0 Å². The van der Waals surface area contributed by atoms with Crippen molar-refractivity contribution in [3.63, 3.8) is 0 Å². The number of alkyl carbamates (subject to hydrolysis) is 1. The average molecular weight is 292 g/mol. The summed E-state index contributed by atoms with van der Waals surface area (Å²) in [4.78, 5) is 39.7. The Bertz CT molecular complexity index is 531. The first-order chi connectivity index (χ1) is 10.1. The lowest BCUT2D eigenvalue weighted by atomic mass is 10.1. The van der Waals surface area contributed by atoms with Crippen LogP contribution in [0.2, 0.25) is 0 Å². The molecule has 0 saturated carbocycles. The summed E-state index contributed by atoms with van der Waals surface area (Å²) in [7, 11) is 1.23. The minimum Gasteiger partial charge on any atom is -0.445 e. The molecule has 1 N–H and O–H groups in total. The zero-order valence-electron chi connectivity index (χ0n) is 11.6. The van der Waals surface area contributed by atoms with E-state index in [2.05, 4.69) is 5.32 Å². The fraction of sp³-hybridized carbons (Fsp3) is 0.357. The van der Waals surface area contributed by atoms with Crippen molar-refractivity contribution in [2.45, 2.75) is 25.5 Å². The molecule has 3 amide bonds. The zero-order valence-corrected chi connectivity index (χ0v) is 11.6. The van der Waals surface area contributed by atoms with Crippen molar-refractivity contribution < 1.29 is 24.0 Å². The zero-order chi connectivity index (χ0) is 15.2. The van der Waals surface area contributed by atoms with Crippen LogP contribution in [-0.4, -0.2) is 36.1 Å². The average Bonchev–Trinajstić information content (AvgIpc) is 2.50. The third-order valence-corrected chi connectivity index (χ3v) is 3.06. The second-order valence-corrected chi connectivity index (χ2v) is 4.51. The van der Waals surface area contributed by atoms with Crippen LogP contribution in [0.4, 0.5) is 4.79 Å². The first kappa shape index (κ1) is 15.0. The summed E-state index contributed by atoms with van der Waals surface area (Å²) in [6.45, 7) is 0.112. The maximum Gasteiger partial charge on any atom is 0.408 e. The van der Waals surface area contributed by atoms with E-state index in [0.717, 1.165) is 5.56 Å². The summed E-state index contributed by atoms with van der Waals surface area (Å²) in [6, 6.07) is 8.37. The molecular formula is C14H16N2O5. The fourth-order valence-corrected chi connectivity index (χ4v) is 1.99. The Morgan fingerprint density at radius 2 is 2.05 bits per heavy atom. The molecule has 0 radical (unpaired) electrons. The van der Waals surface area contributed by atoms with Gasteiger partial charge >= 0.3 is 6.09 Å². The molecule has 1 saturated heterocycles. The highest BCUT2D eigenvalue weighted by molar-refractivity contribution is 6.00. The van der Waals surface area contributed by atoms with Gasteiger partial charge in [0.15, 0.2) is 0 Å². The number of nitrogens with one attached hydrogen (secondary N) is 1. The van der Waals surface area contributed by atoms with Crippen LogP contribution >= 0.6 is 0 Å². The highest BCUT2D eigenvalue weighted by atomic mass is 16.7. The van der Waals surface area contributed by atoms with Crippen LogP contribution in [0.25, 0.3) is 0 Å². The van der Waals surface area contributed by atoms with Gasteiger partial charge < -0.3 is 10.1 Å². The summed E-state index contributed by atoms with van der Waals surface area (Å²) >= 11 is 0. The Labute approximate surface area is 121 Å². The standard InChI is InChI=1S/C14H16N2O5/c1-20-16-12(17)8-7-11(13(16)18)15-14(19)21-9-10-5-3-2-4-6-10/h2-6,11H,7-9H2,1H3,(H,15,19). The molecule has 1 atom stereocenters. The van der Waals surface area contributed by atoms with Crippen molar-refractivity contribution in [3.05, 3.63) is 35.9 Å². The van der Waals surface area contributed by atoms with Crippen molar-refractivity contribution in [2.24, 2.45) is 0 Å². The molecule has 1 aliphatic heterocycles. The quantitative estimate of drug-likeness (QED) is 0.837. The fourth-order valence-electron chi connectivity index (χ4n) is 1.99. The minimum atomic E-state index is -0.814. The van der Waals surface area contributed by atoms with Crippen molar-refractivity contribution in [2.75, 3.05) is 7.11 Å². The van der Waals surface area contributed by atoms with Gasteiger partial charge in [-0.1, -0.05) is 30.3 Å². The van der Waals surface area contributed by atoms with Crippen molar-refractivity contribution in [1.82, 2.24) is 10.4 Å². The van der Waals surface area contributed by atoms with Crippen LogP contribution in [-0.2, 0) is 25.8 Å². The summed E-state index contributed by atoms with van der Waals surface area (Å²) < 4.78 is 5.03. The molecule has 7 nitrogen and oxygen atoms in total. The van der Waals surface area contributed by atoms with Crippen molar-refractivity contribution in [3.8, 4) is 0 Å². The molecule has 1 aromatic carbocycles. The van der Waals surface area contributed by atoms with Crippen molar-refractivity contribution in [1.29, 1.82) is 0 Å². The Hall–Kier alpha value is -2.41. The second kappa shape index (κ2) is 6.85. The van der Waals surface area contributed by atoms with Gasteiger partial charge in [-0.25, -0.2) is 4.79 Å². The third-order valence-electron chi connectivity index (χ3n) is 3.06. The lowest BCUT2D eigenvalue weighted by Crippen LogP contribution is -2.54. The van der Waals surface area contributed by atoms with Crippen LogP contribution in [0.1, 0.15) is 18.4 Å². The maximum absolute atomic E-state index is 11.9. The molecule has 21 heavy (non-hydrogen) atoms. The number of hydrogen-bond acceptors (Lipinski definition) is 5. The third kappa shape index (κ3) is 3.79. The summed E-state index contributed by atoms with van der Waals surface area (Å²) in [5, 5.41) is 3.10. The number of benzene rings is 1.